The molecule has 2 atom stereocenters. The van der Waals surface area contributed by atoms with Gasteiger partial charge in [-0.1, -0.05) is 32.9 Å². The van der Waals surface area contributed by atoms with Crippen molar-refractivity contribution in [2.45, 2.75) is 65.5 Å². The zero-order chi connectivity index (χ0) is 25.3. The standard InChI is InChI=1S/C30H40N2O4/c1-5-15-35-23-9-7-20(8-10-23)24-16-22-18-30(3,4)28(25(22)17-26(24)34-6-2)31-29(33)36-27-19-32-13-11-21(27)12-14-32/h7-10,16-17,21,27-28H,5-6,11-15,18-19H2,1-4H3,(H,31,33)/t27-,28+/m1/s1. The van der Waals surface area contributed by atoms with Gasteiger partial charge in [0.15, 0.2) is 0 Å². The number of carbonyl (C=O) groups excluding carboxylic acids is 1. The molecule has 1 aliphatic carbocycles. The van der Waals surface area contributed by atoms with E-state index in [0.717, 1.165) is 73.5 Å². The topological polar surface area (TPSA) is 60.0 Å². The molecule has 3 saturated heterocycles. The van der Waals surface area contributed by atoms with Crippen molar-refractivity contribution < 1.29 is 19.0 Å². The normalized spacial score (nSPS) is 25.8. The molecular weight excluding hydrogens is 452 g/mol. The third-order valence-corrected chi connectivity index (χ3v) is 8.03. The van der Waals surface area contributed by atoms with Crippen LogP contribution >= 0.6 is 0 Å². The highest BCUT2D eigenvalue weighted by molar-refractivity contribution is 5.74. The maximum atomic E-state index is 13.1. The average Bonchev–Trinajstić information content (AvgIpc) is 3.12. The molecule has 0 unspecified atom stereocenters. The minimum Gasteiger partial charge on any atom is -0.494 e. The van der Waals surface area contributed by atoms with Crippen LogP contribution in [0.1, 0.15) is 64.1 Å². The molecule has 1 N–H and O–H groups in total. The highest BCUT2D eigenvalue weighted by atomic mass is 16.6. The lowest BCUT2D eigenvalue weighted by atomic mass is 9.85. The summed E-state index contributed by atoms with van der Waals surface area (Å²) in [6.07, 6.45) is 3.82. The van der Waals surface area contributed by atoms with Crippen LogP contribution in [0.4, 0.5) is 4.79 Å². The number of piperidine rings is 3. The minimum absolute atomic E-state index is 0.00197. The van der Waals surface area contributed by atoms with Crippen molar-refractivity contribution in [2.75, 3.05) is 32.8 Å². The number of hydrogen-bond acceptors (Lipinski definition) is 5. The predicted octanol–water partition coefficient (Wildman–Crippen LogP) is 5.98. The second kappa shape index (κ2) is 10.3. The summed E-state index contributed by atoms with van der Waals surface area (Å²) in [5.41, 5.74) is 4.42. The SMILES string of the molecule is CCCOc1ccc(-c2cc3c(cc2OCC)[C@H](NC(=O)O[C@@H]2CN4CCC2CC4)C(C)(C)C3)cc1. The van der Waals surface area contributed by atoms with Crippen LogP contribution in [0, 0.1) is 11.3 Å². The highest BCUT2D eigenvalue weighted by Gasteiger charge is 2.42. The van der Waals surface area contributed by atoms with Crippen molar-refractivity contribution >= 4 is 6.09 Å². The molecule has 1 amide bonds. The molecule has 36 heavy (non-hydrogen) atoms. The Kier molecular flexibility index (Phi) is 7.16. The number of benzene rings is 2. The predicted molar refractivity (Wildman–Crippen MR) is 142 cm³/mol. The summed E-state index contributed by atoms with van der Waals surface area (Å²) in [7, 11) is 0. The Balaban J connectivity index is 1.37. The zero-order valence-electron chi connectivity index (χ0n) is 22.1. The molecule has 6 nitrogen and oxygen atoms in total. The quantitative estimate of drug-likeness (QED) is 0.491. The van der Waals surface area contributed by atoms with Gasteiger partial charge in [0.05, 0.1) is 19.3 Å². The van der Waals surface area contributed by atoms with Gasteiger partial charge < -0.3 is 19.5 Å². The van der Waals surface area contributed by atoms with E-state index >= 15 is 0 Å². The fourth-order valence-electron chi connectivity index (χ4n) is 6.13. The lowest BCUT2D eigenvalue weighted by molar-refractivity contribution is -0.0349. The third kappa shape index (κ3) is 5.06. The van der Waals surface area contributed by atoms with Gasteiger partial charge in [0.1, 0.15) is 17.6 Å². The van der Waals surface area contributed by atoms with Crippen LogP contribution in [0.25, 0.3) is 11.1 Å². The van der Waals surface area contributed by atoms with Crippen LogP contribution in [-0.2, 0) is 11.2 Å². The maximum Gasteiger partial charge on any atom is 0.407 e. The maximum absolute atomic E-state index is 13.1. The van der Waals surface area contributed by atoms with E-state index in [1.807, 2.05) is 19.1 Å². The van der Waals surface area contributed by atoms with Gasteiger partial charge in [-0.25, -0.2) is 4.79 Å². The molecule has 0 radical (unpaired) electrons. The molecule has 2 aromatic rings. The Labute approximate surface area is 215 Å². The van der Waals surface area contributed by atoms with Gasteiger partial charge in [-0.2, -0.15) is 0 Å². The first-order valence-corrected chi connectivity index (χ1v) is 13.6. The van der Waals surface area contributed by atoms with Gasteiger partial charge in [-0.15, -0.1) is 0 Å². The Hall–Kier alpha value is -2.73. The summed E-state index contributed by atoms with van der Waals surface area (Å²) in [6, 6.07) is 12.5. The molecule has 0 aromatic heterocycles. The fourth-order valence-corrected chi connectivity index (χ4v) is 6.13. The van der Waals surface area contributed by atoms with Gasteiger partial charge in [0, 0.05) is 12.1 Å². The minimum atomic E-state index is -0.302. The Morgan fingerprint density at radius 2 is 1.83 bits per heavy atom. The Bertz CT molecular complexity index is 1070. The van der Waals surface area contributed by atoms with Crippen LogP contribution in [0.15, 0.2) is 36.4 Å². The van der Waals surface area contributed by atoms with Gasteiger partial charge in [0.25, 0.3) is 0 Å². The molecule has 0 spiro atoms. The summed E-state index contributed by atoms with van der Waals surface area (Å²) in [4.78, 5) is 15.5. The molecule has 6 heteroatoms. The molecule has 2 bridgehead atoms. The second-order valence-electron chi connectivity index (χ2n) is 11.2. The number of nitrogens with zero attached hydrogens (tertiary/aromatic N) is 1. The molecule has 3 fully saturated rings. The monoisotopic (exact) mass is 492 g/mol. The number of nitrogens with one attached hydrogen (secondary N) is 1. The molecule has 6 rings (SSSR count). The van der Waals surface area contributed by atoms with E-state index in [-0.39, 0.29) is 23.7 Å². The van der Waals surface area contributed by atoms with E-state index in [2.05, 4.69) is 55.3 Å². The summed E-state index contributed by atoms with van der Waals surface area (Å²) in [5, 5.41) is 3.24. The molecule has 2 aromatic carbocycles. The van der Waals surface area contributed by atoms with Gasteiger partial charge >= 0.3 is 6.09 Å². The van der Waals surface area contributed by atoms with Crippen LogP contribution < -0.4 is 14.8 Å². The first kappa shape index (κ1) is 24.9. The van der Waals surface area contributed by atoms with Crippen molar-refractivity contribution in [3.8, 4) is 22.6 Å². The molecule has 3 heterocycles. The van der Waals surface area contributed by atoms with Gasteiger partial charge in [-0.3, -0.25) is 4.90 Å². The second-order valence-corrected chi connectivity index (χ2v) is 11.2. The molecule has 3 aliphatic heterocycles. The summed E-state index contributed by atoms with van der Waals surface area (Å²) < 4.78 is 17.8. The van der Waals surface area contributed by atoms with E-state index in [1.165, 1.54) is 5.56 Å². The number of ether oxygens (including phenoxy) is 3. The van der Waals surface area contributed by atoms with Gasteiger partial charge in [0.2, 0.25) is 0 Å². The lowest BCUT2D eigenvalue weighted by Crippen LogP contribution is -2.53. The lowest BCUT2D eigenvalue weighted by Gasteiger charge is -2.44. The van der Waals surface area contributed by atoms with E-state index in [1.54, 1.807) is 0 Å². The number of alkyl carbamates (subject to hydrolysis) is 1. The molecule has 0 saturated carbocycles. The van der Waals surface area contributed by atoms with Crippen LogP contribution in [0.3, 0.4) is 0 Å². The van der Waals surface area contributed by atoms with Crippen molar-refractivity contribution in [1.29, 1.82) is 0 Å². The Morgan fingerprint density at radius 3 is 2.47 bits per heavy atom. The zero-order valence-corrected chi connectivity index (χ0v) is 22.1. The van der Waals surface area contributed by atoms with Crippen molar-refractivity contribution in [2.24, 2.45) is 11.3 Å². The van der Waals surface area contributed by atoms with E-state index in [4.69, 9.17) is 14.2 Å². The van der Waals surface area contributed by atoms with Crippen molar-refractivity contribution in [3.05, 3.63) is 47.5 Å². The molecule has 194 valence electrons. The first-order valence-electron chi connectivity index (χ1n) is 13.6. The Morgan fingerprint density at radius 1 is 1.08 bits per heavy atom. The largest absolute Gasteiger partial charge is 0.494 e. The van der Waals surface area contributed by atoms with E-state index < -0.39 is 0 Å². The fraction of sp³-hybridized carbons (Fsp3) is 0.567. The number of amides is 1. The van der Waals surface area contributed by atoms with Crippen molar-refractivity contribution in [3.63, 3.8) is 0 Å². The van der Waals surface area contributed by atoms with Gasteiger partial charge in [-0.05, 0) is 98.0 Å². The highest BCUT2D eigenvalue weighted by Crippen LogP contribution is 2.49. The molecule has 4 aliphatic rings. The number of hydrogen-bond donors (Lipinski definition) is 1. The third-order valence-electron chi connectivity index (χ3n) is 8.03. The van der Waals surface area contributed by atoms with Crippen LogP contribution in [0.5, 0.6) is 11.5 Å². The van der Waals surface area contributed by atoms with Crippen molar-refractivity contribution in [1.82, 2.24) is 10.2 Å². The van der Waals surface area contributed by atoms with E-state index in [0.29, 0.717) is 19.1 Å². The smallest absolute Gasteiger partial charge is 0.407 e. The summed E-state index contributed by atoms with van der Waals surface area (Å²) in [6.45, 7) is 13.0. The first-order chi connectivity index (χ1) is 17.4. The average molecular weight is 493 g/mol. The summed E-state index contributed by atoms with van der Waals surface area (Å²) in [5.74, 6) is 2.22. The number of rotatable bonds is 8. The number of fused-ring (bicyclic) bond motifs is 4. The molecular formula is C30H40N2O4. The van der Waals surface area contributed by atoms with E-state index in [9.17, 15) is 4.79 Å². The number of carbonyl (C=O) groups is 1. The summed E-state index contributed by atoms with van der Waals surface area (Å²) >= 11 is 0. The van der Waals surface area contributed by atoms with Crippen LogP contribution in [-0.4, -0.2) is 49.9 Å². The van der Waals surface area contributed by atoms with Crippen LogP contribution in [0.2, 0.25) is 0 Å².